The minimum absolute atomic E-state index is 0.239. The van der Waals surface area contributed by atoms with Crippen molar-refractivity contribution in [3.05, 3.63) is 34.1 Å². The maximum atomic E-state index is 13.1. The molecule has 0 unspecified atom stereocenters. The first-order valence-electron chi connectivity index (χ1n) is 5.77. The molecule has 0 aromatic heterocycles. The largest absolute Gasteiger partial charge is 0.299 e. The third kappa shape index (κ3) is 4.99. The highest BCUT2D eigenvalue weighted by Gasteiger charge is 2.20. The Kier molecular flexibility index (Phi) is 4.87. The zero-order valence-electron chi connectivity index (χ0n) is 10.5. The van der Waals surface area contributed by atoms with Crippen molar-refractivity contribution in [2.75, 3.05) is 0 Å². The number of aryl methyl sites for hydroxylation is 1. The van der Waals surface area contributed by atoms with E-state index < -0.39 is 0 Å². The van der Waals surface area contributed by atoms with Gasteiger partial charge in [-0.25, -0.2) is 4.39 Å². The molecular weight excluding hydrogens is 283 g/mol. The number of rotatable bonds is 4. The lowest BCUT2D eigenvalue weighted by molar-refractivity contribution is -0.126. The van der Waals surface area contributed by atoms with Crippen LogP contribution in [0.2, 0.25) is 0 Å². The van der Waals surface area contributed by atoms with Crippen LogP contribution in [0.4, 0.5) is 4.39 Å². The molecule has 0 saturated carbocycles. The molecule has 0 aliphatic carbocycles. The van der Waals surface area contributed by atoms with Gasteiger partial charge in [-0.15, -0.1) is 0 Å². The van der Waals surface area contributed by atoms with Gasteiger partial charge in [0, 0.05) is 16.3 Å². The lowest BCUT2D eigenvalue weighted by Crippen LogP contribution is -2.19. The van der Waals surface area contributed by atoms with Crippen LogP contribution in [0.5, 0.6) is 0 Å². The van der Waals surface area contributed by atoms with E-state index in [9.17, 15) is 9.18 Å². The van der Waals surface area contributed by atoms with Crippen LogP contribution >= 0.6 is 15.9 Å². The van der Waals surface area contributed by atoms with Gasteiger partial charge in [0.15, 0.2) is 0 Å². The molecule has 0 atom stereocenters. The van der Waals surface area contributed by atoms with Crippen LogP contribution in [0.1, 0.15) is 39.2 Å². The molecule has 1 rings (SSSR count). The van der Waals surface area contributed by atoms with Crippen molar-refractivity contribution >= 4 is 21.7 Å². The summed E-state index contributed by atoms with van der Waals surface area (Å²) in [4.78, 5) is 11.7. The van der Waals surface area contributed by atoms with Gasteiger partial charge >= 0.3 is 0 Å². The van der Waals surface area contributed by atoms with E-state index in [4.69, 9.17) is 0 Å². The predicted molar refractivity (Wildman–Crippen MR) is 71.5 cm³/mol. The van der Waals surface area contributed by atoms with E-state index in [2.05, 4.69) is 15.9 Å². The highest BCUT2D eigenvalue weighted by atomic mass is 79.9. The second kappa shape index (κ2) is 5.76. The minimum Gasteiger partial charge on any atom is -0.299 e. The number of carbonyl (C=O) groups is 1. The molecule has 0 N–H and O–H groups in total. The number of Topliss-reactive ketones (excluding diaryl/α,β-unsaturated/α-hetero) is 1. The maximum Gasteiger partial charge on any atom is 0.138 e. The molecule has 0 saturated heterocycles. The first kappa shape index (κ1) is 14.4. The van der Waals surface area contributed by atoms with Gasteiger partial charge in [-0.1, -0.05) is 36.7 Å². The number of benzene rings is 1. The molecule has 1 aromatic carbocycles. The number of halogens is 2. The van der Waals surface area contributed by atoms with E-state index >= 15 is 0 Å². The van der Waals surface area contributed by atoms with E-state index in [1.54, 1.807) is 0 Å². The fraction of sp³-hybridized carbons (Fsp3) is 0.500. The first-order chi connectivity index (χ1) is 7.79. The minimum atomic E-state index is -0.275. The molecular formula is C14H18BrFO. The van der Waals surface area contributed by atoms with Crippen LogP contribution in [0.25, 0.3) is 0 Å². The Morgan fingerprint density at radius 2 is 1.94 bits per heavy atom. The summed E-state index contributed by atoms with van der Waals surface area (Å²) in [6.07, 6.45) is 2.06. The third-order valence-corrected chi connectivity index (χ3v) is 3.09. The second-order valence-electron chi connectivity index (χ2n) is 5.30. The second-order valence-corrected chi connectivity index (χ2v) is 6.22. The average molecular weight is 301 g/mol. The smallest absolute Gasteiger partial charge is 0.138 e. The quantitative estimate of drug-likeness (QED) is 0.798. The zero-order chi connectivity index (χ0) is 13.1. The number of ketones is 1. The van der Waals surface area contributed by atoms with Crippen molar-refractivity contribution in [2.45, 2.75) is 40.0 Å². The van der Waals surface area contributed by atoms with Crippen LogP contribution in [0.15, 0.2) is 22.7 Å². The fourth-order valence-electron chi connectivity index (χ4n) is 1.58. The SMILES string of the molecule is CC(C)(C)C(=O)CCCc1cc(F)cc(Br)c1. The Labute approximate surface area is 111 Å². The lowest BCUT2D eigenvalue weighted by atomic mass is 9.87. The van der Waals surface area contributed by atoms with Gasteiger partial charge in [-0.2, -0.15) is 0 Å². The first-order valence-corrected chi connectivity index (χ1v) is 6.56. The van der Waals surface area contributed by atoms with E-state index in [1.807, 2.05) is 26.8 Å². The van der Waals surface area contributed by atoms with Crippen molar-refractivity contribution in [3.8, 4) is 0 Å². The molecule has 0 aliphatic rings. The summed E-state index contributed by atoms with van der Waals surface area (Å²) >= 11 is 3.26. The van der Waals surface area contributed by atoms with Gasteiger partial charge < -0.3 is 0 Å². The zero-order valence-corrected chi connectivity index (χ0v) is 12.1. The molecule has 0 spiro atoms. The molecule has 0 radical (unpaired) electrons. The maximum absolute atomic E-state index is 13.1. The average Bonchev–Trinajstić information content (AvgIpc) is 2.14. The van der Waals surface area contributed by atoms with Gasteiger partial charge in [-0.3, -0.25) is 4.79 Å². The van der Waals surface area contributed by atoms with Crippen molar-refractivity contribution in [3.63, 3.8) is 0 Å². The molecule has 17 heavy (non-hydrogen) atoms. The molecule has 94 valence electrons. The standard InChI is InChI=1S/C14H18BrFO/c1-14(2,3)13(17)6-4-5-10-7-11(15)9-12(16)8-10/h7-9H,4-6H2,1-3H3. The Bertz CT molecular complexity index is 387. The van der Waals surface area contributed by atoms with Crippen molar-refractivity contribution in [1.29, 1.82) is 0 Å². The van der Waals surface area contributed by atoms with E-state index in [-0.39, 0.29) is 17.0 Å². The number of carbonyl (C=O) groups excluding carboxylic acids is 1. The van der Waals surface area contributed by atoms with Gasteiger partial charge in [0.2, 0.25) is 0 Å². The predicted octanol–water partition coefficient (Wildman–Crippen LogP) is 4.53. The van der Waals surface area contributed by atoms with E-state index in [0.29, 0.717) is 6.42 Å². The Balaban J connectivity index is 2.49. The van der Waals surface area contributed by atoms with Crippen molar-refractivity contribution in [1.82, 2.24) is 0 Å². The number of hydrogen-bond acceptors (Lipinski definition) is 1. The Hall–Kier alpha value is -0.700. The summed E-state index contributed by atoms with van der Waals surface area (Å²) in [5.41, 5.74) is 0.654. The summed E-state index contributed by atoms with van der Waals surface area (Å²) in [5.74, 6) is 0.0180. The highest BCUT2D eigenvalue weighted by Crippen LogP contribution is 2.20. The molecule has 1 aromatic rings. The molecule has 0 amide bonds. The van der Waals surface area contributed by atoms with Gasteiger partial charge in [0.1, 0.15) is 11.6 Å². The molecule has 0 aliphatic heterocycles. The van der Waals surface area contributed by atoms with Crippen LogP contribution < -0.4 is 0 Å². The van der Waals surface area contributed by atoms with Gasteiger partial charge in [-0.05, 0) is 36.6 Å². The van der Waals surface area contributed by atoms with Crippen molar-refractivity contribution < 1.29 is 9.18 Å². The molecule has 3 heteroatoms. The van der Waals surface area contributed by atoms with E-state index in [0.717, 1.165) is 22.9 Å². The van der Waals surface area contributed by atoms with Crippen LogP contribution in [-0.2, 0) is 11.2 Å². The van der Waals surface area contributed by atoms with Gasteiger partial charge in [0.25, 0.3) is 0 Å². The monoisotopic (exact) mass is 300 g/mol. The Morgan fingerprint density at radius 1 is 1.29 bits per heavy atom. The van der Waals surface area contributed by atoms with Crippen LogP contribution in [0, 0.1) is 11.2 Å². The molecule has 1 nitrogen and oxygen atoms in total. The van der Waals surface area contributed by atoms with Crippen LogP contribution in [-0.4, -0.2) is 5.78 Å². The summed E-state index contributed by atoms with van der Waals surface area (Å²) in [6, 6.07) is 4.85. The summed E-state index contributed by atoms with van der Waals surface area (Å²) in [6.45, 7) is 5.77. The topological polar surface area (TPSA) is 17.1 Å². The fourth-order valence-corrected chi connectivity index (χ4v) is 2.10. The molecule has 0 bridgehead atoms. The normalized spacial score (nSPS) is 11.6. The lowest BCUT2D eigenvalue weighted by Gasteiger charge is -2.16. The summed E-state index contributed by atoms with van der Waals surface area (Å²) in [5, 5.41) is 0. The molecule has 0 heterocycles. The summed E-state index contributed by atoms with van der Waals surface area (Å²) in [7, 11) is 0. The third-order valence-electron chi connectivity index (χ3n) is 2.63. The van der Waals surface area contributed by atoms with Gasteiger partial charge in [0.05, 0.1) is 0 Å². The van der Waals surface area contributed by atoms with Crippen LogP contribution in [0.3, 0.4) is 0 Å². The Morgan fingerprint density at radius 3 is 2.47 bits per heavy atom. The summed E-state index contributed by atoms with van der Waals surface area (Å²) < 4.78 is 13.9. The van der Waals surface area contributed by atoms with E-state index in [1.165, 1.54) is 12.1 Å². The number of hydrogen-bond donors (Lipinski definition) is 0. The van der Waals surface area contributed by atoms with Crippen molar-refractivity contribution in [2.24, 2.45) is 5.41 Å². The molecule has 0 fully saturated rings. The highest BCUT2D eigenvalue weighted by molar-refractivity contribution is 9.10.